The number of aromatic nitrogens is 2. The van der Waals surface area contributed by atoms with Crippen molar-refractivity contribution in [1.29, 1.82) is 0 Å². The summed E-state index contributed by atoms with van der Waals surface area (Å²) in [7, 11) is 0. The highest BCUT2D eigenvalue weighted by Gasteiger charge is 2.22. The van der Waals surface area contributed by atoms with Crippen molar-refractivity contribution < 1.29 is 4.79 Å². The topological polar surface area (TPSA) is 58.1 Å². The van der Waals surface area contributed by atoms with Crippen LogP contribution in [0, 0.1) is 0 Å². The van der Waals surface area contributed by atoms with Crippen molar-refractivity contribution in [3.05, 3.63) is 36.2 Å². The van der Waals surface area contributed by atoms with Gasteiger partial charge in [0.1, 0.15) is 5.69 Å². The van der Waals surface area contributed by atoms with E-state index in [9.17, 15) is 4.79 Å². The van der Waals surface area contributed by atoms with E-state index in [1.807, 2.05) is 29.2 Å². The molecule has 1 N–H and O–H groups in total. The Morgan fingerprint density at radius 3 is 2.71 bits per heavy atom. The van der Waals surface area contributed by atoms with Gasteiger partial charge < -0.3 is 10.2 Å². The average molecular weight is 329 g/mol. The molecule has 2 heterocycles. The summed E-state index contributed by atoms with van der Waals surface area (Å²) in [6.45, 7) is 4.34. The van der Waals surface area contributed by atoms with E-state index < -0.39 is 0 Å². The molecule has 1 fully saturated rings. The fourth-order valence-electron chi connectivity index (χ4n) is 2.34. The van der Waals surface area contributed by atoms with Crippen molar-refractivity contribution in [2.45, 2.75) is 13.0 Å². The lowest BCUT2D eigenvalue weighted by Gasteiger charge is -2.31. The molecule has 0 unspecified atom stereocenters. The number of hydrogen-bond donors (Lipinski definition) is 1. The van der Waals surface area contributed by atoms with Gasteiger partial charge in [-0.2, -0.15) is 0 Å². The molecule has 5 nitrogen and oxygen atoms in total. The number of amides is 1. The Labute approximate surface area is 136 Å². The summed E-state index contributed by atoms with van der Waals surface area (Å²) in [6, 6.07) is 7.91. The molecule has 1 amide bonds. The van der Waals surface area contributed by atoms with Gasteiger partial charge in [0.2, 0.25) is 0 Å². The summed E-state index contributed by atoms with van der Waals surface area (Å²) >= 11 is 0. The molecule has 0 radical (unpaired) electrons. The van der Waals surface area contributed by atoms with Gasteiger partial charge in [0, 0.05) is 25.7 Å². The predicted molar refractivity (Wildman–Crippen MR) is 87.4 cm³/mol. The summed E-state index contributed by atoms with van der Waals surface area (Å²) in [5.74, 6) is -0.0356. The summed E-state index contributed by atoms with van der Waals surface area (Å²) in [6.07, 6.45) is 1.57. The Kier molecular flexibility index (Phi) is 6.33. The van der Waals surface area contributed by atoms with Crippen LogP contribution in [0.15, 0.2) is 30.5 Å². The van der Waals surface area contributed by atoms with Crippen LogP contribution in [0.5, 0.6) is 0 Å². The maximum Gasteiger partial charge on any atom is 0.274 e. The number of hydrogen-bond acceptors (Lipinski definition) is 4. The molecule has 7 heteroatoms. The third kappa shape index (κ3) is 3.81. The van der Waals surface area contributed by atoms with Gasteiger partial charge in [-0.15, -0.1) is 24.8 Å². The number of para-hydroxylation sites is 2. The highest BCUT2D eigenvalue weighted by atomic mass is 35.5. The van der Waals surface area contributed by atoms with Crippen molar-refractivity contribution in [2.24, 2.45) is 0 Å². The lowest BCUT2D eigenvalue weighted by molar-refractivity contribution is 0.0703. The standard InChI is InChI=1S/C14H16N4O.2ClH/c1-10-9-18(7-6-15-10)14(19)13-8-16-11-4-2-3-5-12(11)17-13;;/h2-5,8,10,15H,6-7,9H2,1H3;2*1H/t10-;;/m1../s1. The first-order valence-electron chi connectivity index (χ1n) is 6.48. The van der Waals surface area contributed by atoms with Crippen LogP contribution in [0.25, 0.3) is 11.0 Å². The SMILES string of the molecule is C[C@@H]1CN(C(=O)c2cnc3ccccc3n2)CCN1.Cl.Cl. The van der Waals surface area contributed by atoms with E-state index in [-0.39, 0.29) is 30.7 Å². The third-order valence-corrected chi connectivity index (χ3v) is 3.32. The van der Waals surface area contributed by atoms with Crippen LogP contribution in [0.1, 0.15) is 17.4 Å². The Balaban J connectivity index is 0.00000110. The number of nitrogens with one attached hydrogen (secondary N) is 1. The molecule has 1 atom stereocenters. The van der Waals surface area contributed by atoms with Gasteiger partial charge >= 0.3 is 0 Å². The van der Waals surface area contributed by atoms with Crippen molar-refractivity contribution in [3.63, 3.8) is 0 Å². The van der Waals surface area contributed by atoms with E-state index in [1.165, 1.54) is 0 Å². The van der Waals surface area contributed by atoms with Gasteiger partial charge in [-0.3, -0.25) is 9.78 Å². The van der Waals surface area contributed by atoms with E-state index in [0.717, 1.165) is 24.1 Å². The van der Waals surface area contributed by atoms with Crippen molar-refractivity contribution in [3.8, 4) is 0 Å². The number of carbonyl (C=O) groups is 1. The quantitative estimate of drug-likeness (QED) is 0.868. The second-order valence-electron chi connectivity index (χ2n) is 4.85. The zero-order valence-electron chi connectivity index (χ0n) is 11.7. The normalized spacial score (nSPS) is 17.8. The Bertz CT molecular complexity index is 623. The van der Waals surface area contributed by atoms with Crippen LogP contribution >= 0.6 is 24.8 Å². The molecule has 1 aromatic carbocycles. The summed E-state index contributed by atoms with van der Waals surface area (Å²) in [5.41, 5.74) is 2.00. The summed E-state index contributed by atoms with van der Waals surface area (Å²) in [5, 5.41) is 3.32. The van der Waals surface area contributed by atoms with Gasteiger partial charge in [0.05, 0.1) is 17.2 Å². The number of piperazine rings is 1. The fraction of sp³-hybridized carbons (Fsp3) is 0.357. The van der Waals surface area contributed by atoms with Crippen LogP contribution in [0.3, 0.4) is 0 Å². The van der Waals surface area contributed by atoms with Crippen LogP contribution in [0.2, 0.25) is 0 Å². The molecule has 3 rings (SSSR count). The van der Waals surface area contributed by atoms with Crippen LogP contribution < -0.4 is 5.32 Å². The number of fused-ring (bicyclic) bond motifs is 1. The molecule has 0 bridgehead atoms. The Morgan fingerprint density at radius 1 is 1.29 bits per heavy atom. The van der Waals surface area contributed by atoms with E-state index >= 15 is 0 Å². The van der Waals surface area contributed by atoms with E-state index in [1.54, 1.807) is 6.20 Å². The van der Waals surface area contributed by atoms with Crippen molar-refractivity contribution >= 4 is 41.8 Å². The molecular weight excluding hydrogens is 311 g/mol. The molecule has 1 saturated heterocycles. The first-order chi connectivity index (χ1) is 9.24. The number of benzene rings is 1. The monoisotopic (exact) mass is 328 g/mol. The number of nitrogens with zero attached hydrogens (tertiary/aromatic N) is 3. The van der Waals surface area contributed by atoms with Crippen LogP contribution in [-0.2, 0) is 0 Å². The molecule has 0 aliphatic carbocycles. The van der Waals surface area contributed by atoms with E-state index in [2.05, 4.69) is 22.2 Å². The van der Waals surface area contributed by atoms with Gasteiger partial charge in [-0.05, 0) is 19.1 Å². The zero-order valence-corrected chi connectivity index (χ0v) is 13.3. The molecule has 21 heavy (non-hydrogen) atoms. The van der Waals surface area contributed by atoms with Gasteiger partial charge in [0.25, 0.3) is 5.91 Å². The minimum absolute atomic E-state index is 0. The summed E-state index contributed by atoms with van der Waals surface area (Å²) in [4.78, 5) is 22.9. The number of halogens is 2. The van der Waals surface area contributed by atoms with Gasteiger partial charge in [-0.1, -0.05) is 12.1 Å². The minimum atomic E-state index is -0.0356. The second-order valence-corrected chi connectivity index (χ2v) is 4.85. The van der Waals surface area contributed by atoms with E-state index in [0.29, 0.717) is 18.3 Å². The number of carbonyl (C=O) groups excluding carboxylic acids is 1. The molecular formula is C14H18Cl2N4O. The minimum Gasteiger partial charge on any atom is -0.334 e. The van der Waals surface area contributed by atoms with E-state index in [4.69, 9.17) is 0 Å². The maximum absolute atomic E-state index is 12.4. The lowest BCUT2D eigenvalue weighted by Crippen LogP contribution is -2.51. The van der Waals surface area contributed by atoms with Gasteiger partial charge in [0.15, 0.2) is 0 Å². The Hall–Kier alpha value is -1.43. The molecule has 1 aliphatic rings. The molecule has 1 aliphatic heterocycles. The molecule has 1 aromatic heterocycles. The lowest BCUT2D eigenvalue weighted by atomic mass is 10.2. The molecule has 2 aromatic rings. The van der Waals surface area contributed by atoms with Crippen LogP contribution in [-0.4, -0.2) is 46.5 Å². The molecule has 0 spiro atoms. The third-order valence-electron chi connectivity index (χ3n) is 3.32. The predicted octanol–water partition coefficient (Wildman–Crippen LogP) is 1.91. The molecule has 114 valence electrons. The van der Waals surface area contributed by atoms with Gasteiger partial charge in [-0.25, -0.2) is 4.98 Å². The number of rotatable bonds is 1. The average Bonchev–Trinajstić information content (AvgIpc) is 2.46. The highest BCUT2D eigenvalue weighted by Crippen LogP contribution is 2.11. The first kappa shape index (κ1) is 17.6. The molecule has 0 saturated carbocycles. The fourth-order valence-corrected chi connectivity index (χ4v) is 2.34. The maximum atomic E-state index is 12.4. The van der Waals surface area contributed by atoms with Crippen molar-refractivity contribution in [1.82, 2.24) is 20.2 Å². The van der Waals surface area contributed by atoms with Crippen molar-refractivity contribution in [2.75, 3.05) is 19.6 Å². The Morgan fingerprint density at radius 2 is 2.00 bits per heavy atom. The first-order valence-corrected chi connectivity index (χ1v) is 6.48. The largest absolute Gasteiger partial charge is 0.334 e. The highest BCUT2D eigenvalue weighted by molar-refractivity contribution is 5.93. The second kappa shape index (κ2) is 7.54. The van der Waals surface area contributed by atoms with Crippen LogP contribution in [0.4, 0.5) is 0 Å². The zero-order chi connectivity index (χ0) is 13.2. The smallest absolute Gasteiger partial charge is 0.274 e. The summed E-state index contributed by atoms with van der Waals surface area (Å²) < 4.78 is 0.